The fourth-order valence-electron chi connectivity index (χ4n) is 2.13. The molecule has 0 aromatic carbocycles. The number of nitrogens with one attached hydrogen (secondary N) is 2. The van der Waals surface area contributed by atoms with Gasteiger partial charge in [-0.05, 0) is 13.5 Å². The van der Waals surface area contributed by atoms with Gasteiger partial charge in [-0.25, -0.2) is 9.67 Å². The first-order valence-electron chi connectivity index (χ1n) is 6.47. The van der Waals surface area contributed by atoms with Gasteiger partial charge in [-0.3, -0.25) is 4.79 Å². The van der Waals surface area contributed by atoms with Crippen molar-refractivity contribution in [2.24, 2.45) is 0 Å². The van der Waals surface area contributed by atoms with Crippen molar-refractivity contribution in [3.63, 3.8) is 0 Å². The first-order valence-corrected chi connectivity index (χ1v) is 6.47. The number of hydrogen-bond donors (Lipinski definition) is 2. The first-order chi connectivity index (χ1) is 8.60. The van der Waals surface area contributed by atoms with Gasteiger partial charge in [0, 0.05) is 18.4 Å². The number of aromatic nitrogens is 3. The molecule has 1 unspecified atom stereocenters. The standard InChI is InChI=1S/C12H21N5O.ClH/c1-8(2)12-15-10-5-4-9(7-17(10)16-12)14-11(18)6-13-3;/h8-9,13H,4-7H2,1-3H3,(H,14,18);1H. The van der Waals surface area contributed by atoms with Crippen LogP contribution in [0.15, 0.2) is 0 Å². The molecule has 0 saturated carbocycles. The number of rotatable bonds is 4. The lowest BCUT2D eigenvalue weighted by atomic mass is 10.1. The van der Waals surface area contributed by atoms with Gasteiger partial charge in [0.25, 0.3) is 0 Å². The zero-order valence-corrected chi connectivity index (χ0v) is 12.5. The van der Waals surface area contributed by atoms with Crippen LogP contribution in [0.1, 0.15) is 37.8 Å². The van der Waals surface area contributed by atoms with Crippen LogP contribution in [0.5, 0.6) is 0 Å². The lowest BCUT2D eigenvalue weighted by Crippen LogP contribution is -2.44. The Morgan fingerprint density at radius 3 is 2.89 bits per heavy atom. The van der Waals surface area contributed by atoms with E-state index in [1.807, 2.05) is 4.68 Å². The molecule has 0 spiro atoms. The number of nitrogens with zero attached hydrogens (tertiary/aromatic N) is 3. The molecule has 1 aromatic rings. The van der Waals surface area contributed by atoms with Gasteiger partial charge < -0.3 is 10.6 Å². The lowest BCUT2D eigenvalue weighted by Gasteiger charge is -2.23. The second-order valence-corrected chi connectivity index (χ2v) is 5.06. The summed E-state index contributed by atoms with van der Waals surface area (Å²) in [4.78, 5) is 16.0. The van der Waals surface area contributed by atoms with Gasteiger partial charge in [-0.2, -0.15) is 5.10 Å². The van der Waals surface area contributed by atoms with Crippen molar-refractivity contribution in [3.8, 4) is 0 Å². The van der Waals surface area contributed by atoms with Crippen LogP contribution in [0, 0.1) is 0 Å². The smallest absolute Gasteiger partial charge is 0.234 e. The van der Waals surface area contributed by atoms with Gasteiger partial charge in [0.1, 0.15) is 5.82 Å². The van der Waals surface area contributed by atoms with Crippen LogP contribution in [0.2, 0.25) is 0 Å². The van der Waals surface area contributed by atoms with Crippen LogP contribution < -0.4 is 10.6 Å². The van der Waals surface area contributed by atoms with Crippen molar-refractivity contribution in [2.45, 2.75) is 45.2 Å². The maximum Gasteiger partial charge on any atom is 0.234 e. The van der Waals surface area contributed by atoms with E-state index >= 15 is 0 Å². The summed E-state index contributed by atoms with van der Waals surface area (Å²) < 4.78 is 1.93. The van der Waals surface area contributed by atoms with Gasteiger partial charge in [-0.1, -0.05) is 13.8 Å². The summed E-state index contributed by atoms with van der Waals surface area (Å²) in [5.41, 5.74) is 0. The summed E-state index contributed by atoms with van der Waals surface area (Å²) in [5, 5.41) is 10.3. The highest BCUT2D eigenvalue weighted by Gasteiger charge is 2.23. The molecule has 1 aliphatic heterocycles. The molecule has 0 bridgehead atoms. The Balaban J connectivity index is 0.00000180. The van der Waals surface area contributed by atoms with Crippen LogP contribution in [0.3, 0.4) is 0 Å². The molecule has 0 radical (unpaired) electrons. The molecule has 7 heteroatoms. The minimum absolute atomic E-state index is 0. The molecule has 1 aliphatic rings. The van der Waals surface area contributed by atoms with E-state index in [9.17, 15) is 4.79 Å². The largest absolute Gasteiger partial charge is 0.350 e. The number of aryl methyl sites for hydroxylation is 1. The molecule has 1 atom stereocenters. The Morgan fingerprint density at radius 2 is 2.26 bits per heavy atom. The second kappa shape index (κ2) is 6.86. The molecule has 1 amide bonds. The minimum Gasteiger partial charge on any atom is -0.350 e. The Labute approximate surface area is 119 Å². The molecule has 1 aromatic heterocycles. The van der Waals surface area contributed by atoms with E-state index < -0.39 is 0 Å². The number of halogens is 1. The lowest BCUT2D eigenvalue weighted by molar-refractivity contribution is -0.121. The van der Waals surface area contributed by atoms with Gasteiger partial charge in [-0.15, -0.1) is 12.4 Å². The van der Waals surface area contributed by atoms with Gasteiger partial charge in [0.05, 0.1) is 13.1 Å². The molecule has 0 aliphatic carbocycles. The topological polar surface area (TPSA) is 71.8 Å². The molecule has 19 heavy (non-hydrogen) atoms. The predicted octanol–water partition coefficient (Wildman–Crippen LogP) is 0.474. The Kier molecular flexibility index (Phi) is 5.75. The number of carbonyl (C=O) groups excluding carboxylic acids is 1. The van der Waals surface area contributed by atoms with Crippen molar-refractivity contribution in [3.05, 3.63) is 11.6 Å². The predicted molar refractivity (Wildman–Crippen MR) is 75.5 cm³/mol. The molecule has 108 valence electrons. The van der Waals surface area contributed by atoms with E-state index in [0.717, 1.165) is 31.0 Å². The maximum atomic E-state index is 11.5. The number of hydrogen-bond acceptors (Lipinski definition) is 4. The summed E-state index contributed by atoms with van der Waals surface area (Å²) in [6.45, 7) is 5.27. The molecule has 0 saturated heterocycles. The molecule has 6 nitrogen and oxygen atoms in total. The zero-order valence-electron chi connectivity index (χ0n) is 11.6. The summed E-state index contributed by atoms with van der Waals surface area (Å²) in [7, 11) is 1.77. The molecule has 2 heterocycles. The molecule has 2 N–H and O–H groups in total. The maximum absolute atomic E-state index is 11.5. The van der Waals surface area contributed by atoms with E-state index in [0.29, 0.717) is 12.5 Å². The van der Waals surface area contributed by atoms with E-state index in [1.54, 1.807) is 7.05 Å². The summed E-state index contributed by atoms with van der Waals surface area (Å²) in [6.07, 6.45) is 1.82. The van der Waals surface area contributed by atoms with Crippen LogP contribution in [-0.2, 0) is 17.8 Å². The van der Waals surface area contributed by atoms with Crippen molar-refractivity contribution >= 4 is 18.3 Å². The quantitative estimate of drug-likeness (QED) is 0.845. The number of fused-ring (bicyclic) bond motifs is 1. The van der Waals surface area contributed by atoms with E-state index in [2.05, 4.69) is 34.6 Å². The normalized spacial score (nSPS) is 17.8. The number of amides is 1. The van der Waals surface area contributed by atoms with Crippen LogP contribution in [0.4, 0.5) is 0 Å². The fourth-order valence-corrected chi connectivity index (χ4v) is 2.13. The average Bonchev–Trinajstić information content (AvgIpc) is 2.72. The van der Waals surface area contributed by atoms with Crippen molar-refractivity contribution in [1.29, 1.82) is 0 Å². The third-order valence-corrected chi connectivity index (χ3v) is 3.09. The van der Waals surface area contributed by atoms with Gasteiger partial charge >= 0.3 is 0 Å². The summed E-state index contributed by atoms with van der Waals surface area (Å²) in [6, 6.07) is 0.167. The highest BCUT2D eigenvalue weighted by molar-refractivity contribution is 5.85. The number of carbonyl (C=O) groups is 1. The fraction of sp³-hybridized carbons (Fsp3) is 0.750. The minimum atomic E-state index is 0. The van der Waals surface area contributed by atoms with Gasteiger partial charge in [0.2, 0.25) is 5.91 Å². The third kappa shape index (κ3) is 3.91. The van der Waals surface area contributed by atoms with Crippen LogP contribution in [0.25, 0.3) is 0 Å². The summed E-state index contributed by atoms with van der Waals surface area (Å²) in [5.74, 6) is 2.32. The van der Waals surface area contributed by atoms with Crippen molar-refractivity contribution in [1.82, 2.24) is 25.4 Å². The second-order valence-electron chi connectivity index (χ2n) is 5.06. The highest BCUT2D eigenvalue weighted by atomic mass is 35.5. The molecular formula is C12H22ClN5O. The Morgan fingerprint density at radius 1 is 1.53 bits per heavy atom. The highest BCUT2D eigenvalue weighted by Crippen LogP contribution is 2.16. The van der Waals surface area contributed by atoms with Crippen molar-refractivity contribution in [2.75, 3.05) is 13.6 Å². The van der Waals surface area contributed by atoms with Crippen LogP contribution >= 0.6 is 12.4 Å². The zero-order chi connectivity index (χ0) is 13.1. The SMILES string of the molecule is CNCC(=O)NC1CCc2nc(C(C)C)nn2C1.Cl. The Hall–Kier alpha value is -1.14. The van der Waals surface area contributed by atoms with E-state index in [-0.39, 0.29) is 24.4 Å². The van der Waals surface area contributed by atoms with Crippen LogP contribution in [-0.4, -0.2) is 40.3 Å². The van der Waals surface area contributed by atoms with E-state index in [4.69, 9.17) is 0 Å². The Bertz CT molecular complexity index is 432. The third-order valence-electron chi connectivity index (χ3n) is 3.09. The van der Waals surface area contributed by atoms with Crippen molar-refractivity contribution < 1.29 is 4.79 Å². The molecule has 0 fully saturated rings. The van der Waals surface area contributed by atoms with E-state index in [1.165, 1.54) is 0 Å². The van der Waals surface area contributed by atoms with Gasteiger partial charge in [0.15, 0.2) is 5.82 Å². The average molecular weight is 288 g/mol. The summed E-state index contributed by atoms with van der Waals surface area (Å²) >= 11 is 0. The molecule has 2 rings (SSSR count). The number of likely N-dealkylation sites (N-methyl/N-ethyl adjacent to an activating group) is 1. The monoisotopic (exact) mass is 287 g/mol. The molecular weight excluding hydrogens is 266 g/mol. The first kappa shape index (κ1) is 15.9.